The van der Waals surface area contributed by atoms with E-state index in [1.54, 1.807) is 20.8 Å². The number of benzene rings is 1. The number of thioether (sulfide) groups is 1. The van der Waals surface area contributed by atoms with Gasteiger partial charge >= 0.3 is 6.09 Å². The van der Waals surface area contributed by atoms with E-state index in [4.69, 9.17) is 4.74 Å². The highest BCUT2D eigenvalue weighted by Crippen LogP contribution is 2.41. The zero-order valence-corrected chi connectivity index (χ0v) is 19.3. The van der Waals surface area contributed by atoms with Gasteiger partial charge in [-0.05, 0) is 46.8 Å². The van der Waals surface area contributed by atoms with E-state index in [2.05, 4.69) is 10.3 Å². The normalized spacial score (nSPS) is 25.1. The van der Waals surface area contributed by atoms with E-state index in [-0.39, 0.29) is 22.8 Å². The highest BCUT2D eigenvalue weighted by atomic mass is 32.2. The number of aliphatic imine (C=N–C) groups is 1. The van der Waals surface area contributed by atoms with Crippen LogP contribution in [-0.2, 0) is 19.4 Å². The molecule has 2 saturated heterocycles. The fourth-order valence-electron chi connectivity index (χ4n) is 3.31. The molecule has 30 heavy (non-hydrogen) atoms. The van der Waals surface area contributed by atoms with E-state index in [9.17, 15) is 18.0 Å². The SMILES string of the molecule is Cc1ccc(N2C(=NC(=O)[C@H](C)NC(=O)OC(C)(C)C)S[C@@H]3CS(=O)(=O)C[C@H]32)cc1. The topological polar surface area (TPSA) is 105 Å². The Morgan fingerprint density at radius 3 is 2.47 bits per heavy atom. The van der Waals surface area contributed by atoms with E-state index in [1.807, 2.05) is 36.1 Å². The first-order chi connectivity index (χ1) is 13.8. The Bertz CT molecular complexity index is 967. The maximum atomic E-state index is 12.7. The number of sulfone groups is 1. The molecule has 0 bridgehead atoms. The highest BCUT2D eigenvalue weighted by molar-refractivity contribution is 8.16. The summed E-state index contributed by atoms with van der Waals surface area (Å²) in [5.41, 5.74) is 1.19. The lowest BCUT2D eigenvalue weighted by atomic mass is 10.1. The molecule has 2 aliphatic heterocycles. The minimum Gasteiger partial charge on any atom is -0.444 e. The zero-order chi connectivity index (χ0) is 22.3. The number of fused-ring (bicyclic) bond motifs is 1. The standard InChI is InChI=1S/C20H27N3O5S2/c1-12-6-8-14(9-7-12)23-15-10-30(26,27)11-16(15)29-18(23)22-17(24)13(2)21-19(25)28-20(3,4)5/h6-9,13,15-16H,10-11H2,1-5H3,(H,21,25)/t13-,15+,16+/m0/s1. The average Bonchev–Trinajstić information content (AvgIpc) is 3.04. The van der Waals surface area contributed by atoms with Gasteiger partial charge in [-0.15, -0.1) is 0 Å². The third-order valence-electron chi connectivity index (χ3n) is 4.69. The Morgan fingerprint density at radius 1 is 1.23 bits per heavy atom. The monoisotopic (exact) mass is 453 g/mol. The molecule has 3 rings (SSSR count). The lowest BCUT2D eigenvalue weighted by Crippen LogP contribution is -2.42. The summed E-state index contributed by atoms with van der Waals surface area (Å²) in [7, 11) is -3.13. The maximum absolute atomic E-state index is 12.7. The number of ether oxygens (including phenoxy) is 1. The van der Waals surface area contributed by atoms with Crippen LogP contribution in [0.25, 0.3) is 0 Å². The number of nitrogens with zero attached hydrogens (tertiary/aromatic N) is 2. The van der Waals surface area contributed by atoms with Crippen LogP contribution >= 0.6 is 11.8 Å². The lowest BCUT2D eigenvalue weighted by Gasteiger charge is -2.25. The number of anilines is 1. The van der Waals surface area contributed by atoms with Crippen molar-refractivity contribution in [2.45, 2.75) is 57.6 Å². The van der Waals surface area contributed by atoms with E-state index in [0.717, 1.165) is 11.3 Å². The van der Waals surface area contributed by atoms with Gasteiger partial charge in [0.25, 0.3) is 5.91 Å². The van der Waals surface area contributed by atoms with Gasteiger partial charge in [0.05, 0.1) is 17.5 Å². The summed E-state index contributed by atoms with van der Waals surface area (Å²) >= 11 is 1.30. The first-order valence-corrected chi connectivity index (χ1v) is 12.4. The minimum atomic E-state index is -3.13. The summed E-state index contributed by atoms with van der Waals surface area (Å²) in [6, 6.07) is 6.50. The van der Waals surface area contributed by atoms with Crippen molar-refractivity contribution in [1.82, 2.24) is 5.32 Å². The van der Waals surface area contributed by atoms with Gasteiger partial charge in [-0.25, -0.2) is 13.2 Å². The second-order valence-electron chi connectivity index (χ2n) is 8.61. The van der Waals surface area contributed by atoms with Crippen molar-refractivity contribution in [3.63, 3.8) is 0 Å². The van der Waals surface area contributed by atoms with Crippen LogP contribution in [0.2, 0.25) is 0 Å². The van der Waals surface area contributed by atoms with Crippen LogP contribution in [0.5, 0.6) is 0 Å². The number of amides is 2. The number of hydrogen-bond acceptors (Lipinski definition) is 6. The van der Waals surface area contributed by atoms with Crippen molar-refractivity contribution < 1.29 is 22.7 Å². The highest BCUT2D eigenvalue weighted by Gasteiger charge is 2.49. The number of rotatable bonds is 3. The Balaban J connectivity index is 1.82. The van der Waals surface area contributed by atoms with Gasteiger partial charge in [-0.1, -0.05) is 29.5 Å². The maximum Gasteiger partial charge on any atom is 0.408 e. The Labute approximate surface area is 181 Å². The number of alkyl carbamates (subject to hydrolysis) is 1. The molecule has 0 saturated carbocycles. The Morgan fingerprint density at radius 2 is 1.87 bits per heavy atom. The third-order valence-corrected chi connectivity index (χ3v) is 7.90. The van der Waals surface area contributed by atoms with Crippen molar-refractivity contribution in [3.05, 3.63) is 29.8 Å². The second-order valence-corrected chi connectivity index (χ2v) is 12.0. The fraction of sp³-hybridized carbons (Fsp3) is 0.550. The van der Waals surface area contributed by atoms with Crippen LogP contribution in [-0.4, -0.2) is 60.0 Å². The molecule has 0 aliphatic carbocycles. The van der Waals surface area contributed by atoms with Crippen molar-refractivity contribution in [2.75, 3.05) is 16.4 Å². The first-order valence-electron chi connectivity index (χ1n) is 9.70. The predicted octanol–water partition coefficient (Wildman–Crippen LogP) is 2.51. The molecule has 8 nitrogen and oxygen atoms in total. The number of hydrogen-bond donors (Lipinski definition) is 1. The second kappa shape index (κ2) is 8.22. The van der Waals surface area contributed by atoms with Gasteiger partial charge in [0, 0.05) is 10.9 Å². The Hall–Kier alpha value is -2.07. The van der Waals surface area contributed by atoms with Crippen LogP contribution in [0, 0.1) is 6.92 Å². The molecule has 2 heterocycles. The van der Waals surface area contributed by atoms with Gasteiger partial charge < -0.3 is 15.0 Å². The van der Waals surface area contributed by atoms with Crippen molar-refractivity contribution in [3.8, 4) is 0 Å². The van der Waals surface area contributed by atoms with E-state index in [0.29, 0.717) is 5.17 Å². The molecule has 1 N–H and O–H groups in total. The fourth-order valence-corrected chi connectivity index (χ4v) is 7.23. The summed E-state index contributed by atoms with van der Waals surface area (Å²) in [5, 5.41) is 2.76. The van der Waals surface area contributed by atoms with Gasteiger partial charge in [0.1, 0.15) is 11.6 Å². The van der Waals surface area contributed by atoms with E-state index < -0.39 is 33.5 Å². The molecule has 0 spiro atoms. The molecule has 1 aromatic rings. The largest absolute Gasteiger partial charge is 0.444 e. The molecule has 3 atom stereocenters. The number of carbonyl (C=O) groups excluding carboxylic acids is 2. The number of carbonyl (C=O) groups is 2. The summed E-state index contributed by atoms with van der Waals surface area (Å²) < 4.78 is 29.5. The molecular weight excluding hydrogens is 426 g/mol. The zero-order valence-electron chi connectivity index (χ0n) is 17.7. The van der Waals surface area contributed by atoms with Gasteiger partial charge in [-0.2, -0.15) is 4.99 Å². The molecule has 2 fully saturated rings. The van der Waals surface area contributed by atoms with Crippen molar-refractivity contribution >= 4 is 44.5 Å². The predicted molar refractivity (Wildman–Crippen MR) is 119 cm³/mol. The van der Waals surface area contributed by atoms with Crippen LogP contribution < -0.4 is 10.2 Å². The third kappa shape index (κ3) is 5.34. The average molecular weight is 454 g/mol. The quantitative estimate of drug-likeness (QED) is 0.750. The van der Waals surface area contributed by atoms with Crippen LogP contribution in [0.3, 0.4) is 0 Å². The minimum absolute atomic E-state index is 0.0253. The Kier molecular flexibility index (Phi) is 6.20. The van der Waals surface area contributed by atoms with Crippen LogP contribution in [0.1, 0.15) is 33.3 Å². The summed E-state index contributed by atoms with van der Waals surface area (Å²) in [6.07, 6.45) is -0.694. The van der Waals surface area contributed by atoms with Crippen molar-refractivity contribution in [2.24, 2.45) is 4.99 Å². The lowest BCUT2D eigenvalue weighted by molar-refractivity contribution is -0.119. The molecular formula is C20H27N3O5S2. The van der Waals surface area contributed by atoms with E-state index in [1.165, 1.54) is 18.7 Å². The van der Waals surface area contributed by atoms with E-state index >= 15 is 0 Å². The van der Waals surface area contributed by atoms with Gasteiger partial charge in [-0.3, -0.25) is 4.79 Å². The molecule has 0 unspecified atom stereocenters. The molecule has 2 aliphatic rings. The van der Waals surface area contributed by atoms with Crippen LogP contribution in [0.4, 0.5) is 10.5 Å². The van der Waals surface area contributed by atoms with Gasteiger partial charge in [0.2, 0.25) is 0 Å². The molecule has 10 heteroatoms. The molecule has 2 amide bonds. The number of aryl methyl sites for hydroxylation is 1. The first kappa shape index (κ1) is 22.6. The number of amidine groups is 1. The molecule has 0 radical (unpaired) electrons. The summed E-state index contributed by atoms with van der Waals surface area (Å²) in [5.74, 6) is -0.440. The number of nitrogens with one attached hydrogen (secondary N) is 1. The molecule has 164 valence electrons. The molecule has 0 aromatic heterocycles. The summed E-state index contributed by atoms with van der Waals surface area (Å²) in [4.78, 5) is 30.7. The van der Waals surface area contributed by atoms with Crippen LogP contribution in [0.15, 0.2) is 29.3 Å². The smallest absolute Gasteiger partial charge is 0.408 e. The molecule has 1 aromatic carbocycles. The van der Waals surface area contributed by atoms with Gasteiger partial charge in [0.15, 0.2) is 15.0 Å². The van der Waals surface area contributed by atoms with Crippen molar-refractivity contribution in [1.29, 1.82) is 0 Å². The summed E-state index contributed by atoms with van der Waals surface area (Å²) in [6.45, 7) is 8.72.